The molecule has 1 unspecified atom stereocenters. The molecule has 1 amide bonds. The number of amides is 1. The summed E-state index contributed by atoms with van der Waals surface area (Å²) >= 11 is 0. The number of nitrogens with zero attached hydrogens (tertiary/aromatic N) is 3. The van der Waals surface area contributed by atoms with Gasteiger partial charge in [-0.25, -0.2) is 5.10 Å². The zero-order valence-electron chi connectivity index (χ0n) is 12.9. The van der Waals surface area contributed by atoms with Gasteiger partial charge in [0.2, 0.25) is 0 Å². The lowest BCUT2D eigenvalue weighted by Gasteiger charge is -2.21. The van der Waals surface area contributed by atoms with E-state index in [-0.39, 0.29) is 11.5 Å². The van der Waals surface area contributed by atoms with Gasteiger partial charge in [-0.05, 0) is 32.0 Å². The van der Waals surface area contributed by atoms with Gasteiger partial charge in [-0.1, -0.05) is 18.2 Å². The fourth-order valence-corrected chi connectivity index (χ4v) is 3.10. The van der Waals surface area contributed by atoms with Crippen LogP contribution in [0.25, 0.3) is 10.8 Å². The molecular formula is C16H20N4O2. The summed E-state index contributed by atoms with van der Waals surface area (Å²) in [6, 6.07) is 7.07. The van der Waals surface area contributed by atoms with Crippen LogP contribution in [-0.2, 0) is 0 Å². The van der Waals surface area contributed by atoms with Gasteiger partial charge in [0.15, 0.2) is 5.69 Å². The van der Waals surface area contributed by atoms with Crippen molar-refractivity contribution in [1.29, 1.82) is 0 Å². The summed E-state index contributed by atoms with van der Waals surface area (Å²) in [6.07, 6.45) is 1.11. The van der Waals surface area contributed by atoms with Crippen LogP contribution in [-0.4, -0.2) is 59.6 Å². The summed E-state index contributed by atoms with van der Waals surface area (Å²) in [5.41, 5.74) is 0.0382. The SMILES string of the molecule is CN1CCC(CN(C)C(=O)c2n[nH]c(=O)c3ccccc23)C1. The van der Waals surface area contributed by atoms with Crippen LogP contribution in [0, 0.1) is 5.92 Å². The second-order valence-corrected chi connectivity index (χ2v) is 6.05. The van der Waals surface area contributed by atoms with E-state index < -0.39 is 0 Å². The van der Waals surface area contributed by atoms with Crippen LogP contribution < -0.4 is 5.56 Å². The number of fused-ring (bicyclic) bond motifs is 1. The van der Waals surface area contributed by atoms with Crippen molar-refractivity contribution in [2.45, 2.75) is 6.42 Å². The summed E-state index contributed by atoms with van der Waals surface area (Å²) in [5, 5.41) is 7.49. The molecule has 6 heteroatoms. The van der Waals surface area contributed by atoms with Crippen LogP contribution >= 0.6 is 0 Å². The number of aromatic nitrogens is 2. The van der Waals surface area contributed by atoms with Gasteiger partial charge >= 0.3 is 0 Å². The topological polar surface area (TPSA) is 69.3 Å². The molecule has 1 fully saturated rings. The van der Waals surface area contributed by atoms with Crippen LogP contribution in [0.5, 0.6) is 0 Å². The van der Waals surface area contributed by atoms with Gasteiger partial charge in [-0.15, -0.1) is 0 Å². The fourth-order valence-electron chi connectivity index (χ4n) is 3.10. The summed E-state index contributed by atoms with van der Waals surface area (Å²) in [4.78, 5) is 28.4. The molecule has 1 aliphatic rings. The predicted molar refractivity (Wildman–Crippen MR) is 84.9 cm³/mol. The molecule has 1 aromatic carbocycles. The van der Waals surface area contributed by atoms with Crippen molar-refractivity contribution < 1.29 is 4.79 Å². The van der Waals surface area contributed by atoms with Crippen LogP contribution in [0.2, 0.25) is 0 Å². The Labute approximate surface area is 128 Å². The number of H-pyrrole nitrogens is 1. The molecule has 2 aromatic rings. The molecule has 0 radical (unpaired) electrons. The van der Waals surface area contributed by atoms with Crippen molar-refractivity contribution in [3.8, 4) is 0 Å². The van der Waals surface area contributed by atoms with Crippen molar-refractivity contribution in [2.75, 3.05) is 33.7 Å². The standard InChI is InChI=1S/C16H20N4O2/c1-19-8-7-11(9-19)10-20(2)16(22)14-12-5-3-4-6-13(12)15(21)18-17-14/h3-6,11H,7-10H2,1-2H3,(H,18,21). The molecule has 0 spiro atoms. The van der Waals surface area contributed by atoms with E-state index in [1.165, 1.54) is 0 Å². The normalized spacial score (nSPS) is 18.7. The van der Waals surface area contributed by atoms with Crippen LogP contribution in [0.1, 0.15) is 16.9 Å². The first-order valence-corrected chi connectivity index (χ1v) is 7.47. The summed E-state index contributed by atoms with van der Waals surface area (Å²) in [6.45, 7) is 2.79. The number of likely N-dealkylation sites (tertiary alicyclic amines) is 1. The number of carbonyl (C=O) groups is 1. The number of aromatic amines is 1. The molecule has 22 heavy (non-hydrogen) atoms. The third kappa shape index (κ3) is 2.74. The Bertz CT molecular complexity index is 755. The van der Waals surface area contributed by atoms with Gasteiger partial charge < -0.3 is 9.80 Å². The molecule has 0 saturated carbocycles. The van der Waals surface area contributed by atoms with E-state index >= 15 is 0 Å². The van der Waals surface area contributed by atoms with Gasteiger partial charge in [0, 0.05) is 25.5 Å². The first kappa shape index (κ1) is 14.7. The van der Waals surface area contributed by atoms with Crippen molar-refractivity contribution in [3.63, 3.8) is 0 Å². The first-order valence-electron chi connectivity index (χ1n) is 7.47. The molecule has 3 rings (SSSR count). The Morgan fingerprint density at radius 1 is 1.41 bits per heavy atom. The number of hydrogen-bond donors (Lipinski definition) is 1. The lowest BCUT2D eigenvalue weighted by molar-refractivity contribution is 0.0769. The van der Waals surface area contributed by atoms with E-state index in [4.69, 9.17) is 0 Å². The highest BCUT2D eigenvalue weighted by molar-refractivity contribution is 6.04. The smallest absolute Gasteiger partial charge is 0.274 e. The van der Waals surface area contributed by atoms with E-state index in [0.717, 1.165) is 19.5 Å². The molecule has 6 nitrogen and oxygen atoms in total. The van der Waals surface area contributed by atoms with Crippen LogP contribution in [0.3, 0.4) is 0 Å². The van der Waals surface area contributed by atoms with Gasteiger partial charge in [-0.3, -0.25) is 9.59 Å². The maximum absolute atomic E-state index is 12.7. The highest BCUT2D eigenvalue weighted by Crippen LogP contribution is 2.18. The highest BCUT2D eigenvalue weighted by Gasteiger charge is 2.24. The van der Waals surface area contributed by atoms with Crippen LogP contribution in [0.15, 0.2) is 29.1 Å². The van der Waals surface area contributed by atoms with E-state index in [2.05, 4.69) is 22.1 Å². The summed E-state index contributed by atoms with van der Waals surface area (Å²) < 4.78 is 0. The molecule has 1 aliphatic heterocycles. The molecule has 1 atom stereocenters. The van der Waals surface area contributed by atoms with Crippen molar-refractivity contribution in [2.24, 2.45) is 5.92 Å². The van der Waals surface area contributed by atoms with E-state index in [1.54, 1.807) is 30.1 Å². The number of hydrogen-bond acceptors (Lipinski definition) is 4. The first-order chi connectivity index (χ1) is 10.6. The zero-order chi connectivity index (χ0) is 15.7. The Kier molecular flexibility index (Phi) is 3.94. The average Bonchev–Trinajstić information content (AvgIpc) is 2.92. The maximum atomic E-state index is 12.7. The molecule has 0 aliphatic carbocycles. The van der Waals surface area contributed by atoms with Crippen molar-refractivity contribution in [1.82, 2.24) is 20.0 Å². The zero-order valence-corrected chi connectivity index (χ0v) is 12.9. The molecular weight excluding hydrogens is 280 g/mol. The minimum absolute atomic E-state index is 0.151. The molecule has 1 N–H and O–H groups in total. The molecule has 1 saturated heterocycles. The number of rotatable bonds is 3. The average molecular weight is 300 g/mol. The molecule has 1 aromatic heterocycles. The quantitative estimate of drug-likeness (QED) is 0.916. The fraction of sp³-hybridized carbons (Fsp3) is 0.438. The van der Waals surface area contributed by atoms with Gasteiger partial charge in [0.1, 0.15) is 0 Å². The van der Waals surface area contributed by atoms with E-state index in [9.17, 15) is 9.59 Å². The van der Waals surface area contributed by atoms with Gasteiger partial charge in [0.05, 0.1) is 5.39 Å². The van der Waals surface area contributed by atoms with Crippen LogP contribution in [0.4, 0.5) is 0 Å². The maximum Gasteiger partial charge on any atom is 0.274 e. The van der Waals surface area contributed by atoms with Crippen molar-refractivity contribution >= 4 is 16.7 Å². The Hall–Kier alpha value is -2.21. The van der Waals surface area contributed by atoms with E-state index in [0.29, 0.717) is 28.9 Å². The molecule has 2 heterocycles. The third-order valence-corrected chi connectivity index (χ3v) is 4.27. The second kappa shape index (κ2) is 5.88. The number of carbonyl (C=O) groups excluding carboxylic acids is 1. The Balaban J connectivity index is 1.86. The van der Waals surface area contributed by atoms with E-state index in [1.807, 2.05) is 6.07 Å². The minimum Gasteiger partial charge on any atom is -0.340 e. The number of benzene rings is 1. The van der Waals surface area contributed by atoms with Gasteiger partial charge in [0.25, 0.3) is 11.5 Å². The molecule has 0 bridgehead atoms. The summed E-state index contributed by atoms with van der Waals surface area (Å²) in [7, 11) is 3.89. The predicted octanol–water partition coefficient (Wildman–Crippen LogP) is 0.947. The number of nitrogens with one attached hydrogen (secondary N) is 1. The third-order valence-electron chi connectivity index (χ3n) is 4.27. The second-order valence-electron chi connectivity index (χ2n) is 6.05. The lowest BCUT2D eigenvalue weighted by Crippen LogP contribution is -2.34. The Morgan fingerprint density at radius 2 is 2.14 bits per heavy atom. The largest absolute Gasteiger partial charge is 0.340 e. The Morgan fingerprint density at radius 3 is 2.82 bits per heavy atom. The lowest BCUT2D eigenvalue weighted by atomic mass is 10.1. The highest BCUT2D eigenvalue weighted by atomic mass is 16.2. The monoisotopic (exact) mass is 300 g/mol. The summed E-state index contributed by atoms with van der Waals surface area (Å²) in [5.74, 6) is 0.343. The minimum atomic E-state index is -0.271. The van der Waals surface area contributed by atoms with Crippen molar-refractivity contribution in [3.05, 3.63) is 40.3 Å². The molecule has 116 valence electrons. The van der Waals surface area contributed by atoms with Gasteiger partial charge in [-0.2, -0.15) is 5.10 Å².